The van der Waals surface area contributed by atoms with Crippen molar-refractivity contribution in [3.05, 3.63) is 53.5 Å². The van der Waals surface area contributed by atoms with Gasteiger partial charge in [-0.15, -0.1) is 0 Å². The molecule has 5 nitrogen and oxygen atoms in total. The predicted octanol–water partition coefficient (Wildman–Crippen LogP) is 3.25. The van der Waals surface area contributed by atoms with Crippen molar-refractivity contribution < 1.29 is 14.3 Å². The van der Waals surface area contributed by atoms with E-state index in [0.717, 1.165) is 10.9 Å². The molecule has 0 amide bonds. The van der Waals surface area contributed by atoms with Gasteiger partial charge >= 0.3 is 5.97 Å². The number of aromatic carboxylic acids is 1. The minimum atomic E-state index is -1.05. The van der Waals surface area contributed by atoms with Crippen molar-refractivity contribution in [3.63, 3.8) is 0 Å². The molecule has 0 unspecified atom stereocenters. The fourth-order valence-corrected chi connectivity index (χ4v) is 2.55. The highest BCUT2D eigenvalue weighted by Gasteiger charge is 2.25. The summed E-state index contributed by atoms with van der Waals surface area (Å²) < 4.78 is 7.18. The first kappa shape index (κ1) is 12.2. The molecule has 1 N–H and O–H groups in total. The van der Waals surface area contributed by atoms with Crippen molar-refractivity contribution in [1.29, 1.82) is 0 Å². The van der Waals surface area contributed by atoms with E-state index in [-0.39, 0.29) is 5.76 Å². The second-order valence-corrected chi connectivity index (χ2v) is 5.50. The smallest absolute Gasteiger partial charge is 0.371 e. The first-order valence-corrected chi connectivity index (χ1v) is 6.98. The Morgan fingerprint density at radius 3 is 2.95 bits per heavy atom. The highest BCUT2D eigenvalue weighted by Crippen LogP contribution is 2.38. The number of aromatic nitrogens is 2. The number of nitrogens with zero attached hydrogens (tertiary/aromatic N) is 2. The Hall–Kier alpha value is -2.56. The molecule has 1 aliphatic carbocycles. The molecule has 1 aliphatic rings. The fourth-order valence-electron chi connectivity index (χ4n) is 2.55. The van der Waals surface area contributed by atoms with Gasteiger partial charge in [-0.2, -0.15) is 5.10 Å². The van der Waals surface area contributed by atoms with Crippen LogP contribution in [0.2, 0.25) is 0 Å². The molecule has 5 heteroatoms. The molecule has 106 valence electrons. The van der Waals surface area contributed by atoms with E-state index in [1.54, 1.807) is 6.07 Å². The molecular weight excluding hydrogens is 268 g/mol. The average molecular weight is 282 g/mol. The lowest BCUT2D eigenvalue weighted by atomic mass is 10.1. The van der Waals surface area contributed by atoms with Gasteiger partial charge in [0, 0.05) is 17.5 Å². The molecule has 1 fully saturated rings. The third-order valence-electron chi connectivity index (χ3n) is 3.79. The van der Waals surface area contributed by atoms with Crippen molar-refractivity contribution in [1.82, 2.24) is 9.78 Å². The Kier molecular flexibility index (Phi) is 2.60. The van der Waals surface area contributed by atoms with Crippen LogP contribution in [0.15, 0.2) is 40.9 Å². The van der Waals surface area contributed by atoms with Crippen molar-refractivity contribution >= 4 is 16.9 Å². The fraction of sp³-hybridized carbons (Fsp3) is 0.250. The van der Waals surface area contributed by atoms with Gasteiger partial charge in [-0.05, 0) is 42.7 Å². The number of fused-ring (bicyclic) bond motifs is 1. The van der Waals surface area contributed by atoms with Gasteiger partial charge in [-0.3, -0.25) is 4.68 Å². The van der Waals surface area contributed by atoms with Crippen molar-refractivity contribution in [3.8, 4) is 0 Å². The molecule has 21 heavy (non-hydrogen) atoms. The van der Waals surface area contributed by atoms with Crippen LogP contribution in [0.1, 0.15) is 40.6 Å². The van der Waals surface area contributed by atoms with Gasteiger partial charge in [-0.25, -0.2) is 4.79 Å². The van der Waals surface area contributed by atoms with E-state index in [2.05, 4.69) is 11.2 Å². The molecule has 0 bridgehead atoms. The SMILES string of the molecule is O=C(O)c1cc2cc(Cn3ccc(C4CC4)n3)ccc2o1. The second kappa shape index (κ2) is 4.48. The molecule has 0 saturated heterocycles. The van der Waals surface area contributed by atoms with Crippen LogP contribution in [0.5, 0.6) is 0 Å². The summed E-state index contributed by atoms with van der Waals surface area (Å²) in [5.41, 5.74) is 2.84. The van der Waals surface area contributed by atoms with Crippen LogP contribution in [0.3, 0.4) is 0 Å². The van der Waals surface area contributed by atoms with E-state index in [9.17, 15) is 4.79 Å². The molecule has 0 radical (unpaired) electrons. The third kappa shape index (κ3) is 2.31. The Balaban J connectivity index is 1.61. The largest absolute Gasteiger partial charge is 0.475 e. The minimum absolute atomic E-state index is 0.0303. The monoisotopic (exact) mass is 282 g/mol. The Bertz CT molecular complexity index is 827. The summed E-state index contributed by atoms with van der Waals surface area (Å²) in [5, 5.41) is 14.3. The van der Waals surface area contributed by atoms with Crippen LogP contribution < -0.4 is 0 Å². The lowest BCUT2D eigenvalue weighted by molar-refractivity contribution is 0.0665. The maximum atomic E-state index is 10.9. The van der Waals surface area contributed by atoms with E-state index >= 15 is 0 Å². The summed E-state index contributed by atoms with van der Waals surface area (Å²) in [6.45, 7) is 0.677. The summed E-state index contributed by atoms with van der Waals surface area (Å²) in [4.78, 5) is 10.9. The standard InChI is InChI=1S/C16H14N2O3/c19-16(20)15-8-12-7-10(1-4-14(12)21-15)9-18-6-5-13(17-18)11-2-3-11/h1,4-8,11H,2-3,9H2,(H,19,20). The lowest BCUT2D eigenvalue weighted by Gasteiger charge is -2.02. The van der Waals surface area contributed by atoms with Gasteiger partial charge in [0.05, 0.1) is 12.2 Å². The van der Waals surface area contributed by atoms with Gasteiger partial charge in [0.25, 0.3) is 0 Å². The number of rotatable bonds is 4. The third-order valence-corrected chi connectivity index (χ3v) is 3.79. The first-order valence-electron chi connectivity index (χ1n) is 6.98. The number of hydrogen-bond acceptors (Lipinski definition) is 3. The zero-order valence-corrected chi connectivity index (χ0v) is 11.3. The van der Waals surface area contributed by atoms with Gasteiger partial charge in [-0.1, -0.05) is 6.07 Å². The summed E-state index contributed by atoms with van der Waals surface area (Å²) in [6.07, 6.45) is 4.49. The minimum Gasteiger partial charge on any atom is -0.475 e. The molecule has 4 rings (SSSR count). The van der Waals surface area contributed by atoms with Gasteiger partial charge in [0.15, 0.2) is 0 Å². The van der Waals surface area contributed by atoms with Crippen LogP contribution >= 0.6 is 0 Å². The van der Waals surface area contributed by atoms with Crippen LogP contribution in [0.4, 0.5) is 0 Å². The zero-order chi connectivity index (χ0) is 14.4. The summed E-state index contributed by atoms with van der Waals surface area (Å²) in [7, 11) is 0. The van der Waals surface area contributed by atoms with E-state index in [1.807, 2.05) is 29.1 Å². The first-order chi connectivity index (χ1) is 10.2. The molecule has 0 aliphatic heterocycles. The van der Waals surface area contributed by atoms with Gasteiger partial charge in [0.2, 0.25) is 5.76 Å². The normalized spacial score (nSPS) is 14.7. The van der Waals surface area contributed by atoms with Crippen LogP contribution in [-0.4, -0.2) is 20.9 Å². The number of carbonyl (C=O) groups is 1. The summed E-state index contributed by atoms with van der Waals surface area (Å²) in [6, 6.07) is 9.33. The molecule has 3 aromatic rings. The Labute approximate surface area is 120 Å². The second-order valence-electron chi connectivity index (χ2n) is 5.50. The number of carboxylic acids is 1. The lowest BCUT2D eigenvalue weighted by Crippen LogP contribution is -2.00. The predicted molar refractivity (Wildman–Crippen MR) is 76.5 cm³/mol. The molecular formula is C16H14N2O3. The molecule has 2 aromatic heterocycles. The van der Waals surface area contributed by atoms with Gasteiger partial charge < -0.3 is 9.52 Å². The van der Waals surface area contributed by atoms with Crippen LogP contribution in [0.25, 0.3) is 11.0 Å². The maximum absolute atomic E-state index is 10.9. The molecule has 0 atom stereocenters. The summed E-state index contributed by atoms with van der Waals surface area (Å²) in [5.74, 6) is -0.424. The van der Waals surface area contributed by atoms with E-state index in [4.69, 9.17) is 9.52 Å². The van der Waals surface area contributed by atoms with E-state index in [1.165, 1.54) is 18.5 Å². The zero-order valence-electron chi connectivity index (χ0n) is 11.3. The average Bonchev–Trinajstić information content (AvgIpc) is 3.06. The highest BCUT2D eigenvalue weighted by molar-refractivity contribution is 5.91. The van der Waals surface area contributed by atoms with Crippen molar-refractivity contribution in [2.24, 2.45) is 0 Å². The molecule has 0 spiro atoms. The molecule has 2 heterocycles. The van der Waals surface area contributed by atoms with E-state index in [0.29, 0.717) is 18.0 Å². The van der Waals surface area contributed by atoms with Gasteiger partial charge in [0.1, 0.15) is 5.58 Å². The summed E-state index contributed by atoms with van der Waals surface area (Å²) >= 11 is 0. The molecule has 1 saturated carbocycles. The Morgan fingerprint density at radius 1 is 1.33 bits per heavy atom. The molecule has 1 aromatic carbocycles. The van der Waals surface area contributed by atoms with Crippen molar-refractivity contribution in [2.45, 2.75) is 25.3 Å². The number of benzene rings is 1. The van der Waals surface area contributed by atoms with Crippen LogP contribution in [-0.2, 0) is 6.54 Å². The topological polar surface area (TPSA) is 68.3 Å². The van der Waals surface area contributed by atoms with Crippen LogP contribution in [0, 0.1) is 0 Å². The number of furan rings is 1. The number of hydrogen-bond donors (Lipinski definition) is 1. The number of carboxylic acid groups (broad SMARTS) is 1. The van der Waals surface area contributed by atoms with E-state index < -0.39 is 5.97 Å². The maximum Gasteiger partial charge on any atom is 0.371 e. The highest BCUT2D eigenvalue weighted by atomic mass is 16.4. The Morgan fingerprint density at radius 2 is 2.19 bits per heavy atom. The van der Waals surface area contributed by atoms with Crippen molar-refractivity contribution in [2.75, 3.05) is 0 Å². The quantitative estimate of drug-likeness (QED) is 0.797.